The van der Waals surface area contributed by atoms with Crippen molar-refractivity contribution in [2.75, 3.05) is 5.32 Å². The van der Waals surface area contributed by atoms with Gasteiger partial charge in [-0.25, -0.2) is 4.39 Å². The fraction of sp³-hybridized carbons (Fsp3) is 0.167. The molecule has 0 fully saturated rings. The van der Waals surface area contributed by atoms with Crippen LogP contribution in [0.3, 0.4) is 0 Å². The summed E-state index contributed by atoms with van der Waals surface area (Å²) in [6.45, 7) is 2.48. The molecule has 0 atom stereocenters. The number of anilines is 1. The van der Waals surface area contributed by atoms with Crippen LogP contribution in [0.2, 0.25) is 0 Å². The maximum atomic E-state index is 12.9. The summed E-state index contributed by atoms with van der Waals surface area (Å²) in [5.74, 6) is 0.656. The standard InChI is InChI=1S/C12H11FINO/c1-8-6-9(13)2-4-11(8)15-7-10-3-5-12(14)16-10/h2-6,15H,7H2,1H3. The topological polar surface area (TPSA) is 25.2 Å². The Hall–Kier alpha value is -1.04. The number of halogens is 2. The zero-order valence-electron chi connectivity index (χ0n) is 8.76. The van der Waals surface area contributed by atoms with Crippen LogP contribution in [0, 0.1) is 16.5 Å². The Morgan fingerprint density at radius 2 is 2.12 bits per heavy atom. The first kappa shape index (κ1) is 11.4. The molecular weight excluding hydrogens is 320 g/mol. The van der Waals surface area contributed by atoms with Gasteiger partial charge in [0.1, 0.15) is 11.6 Å². The first-order valence-electron chi connectivity index (χ1n) is 4.89. The molecule has 0 aliphatic rings. The van der Waals surface area contributed by atoms with Crippen molar-refractivity contribution < 1.29 is 8.81 Å². The minimum absolute atomic E-state index is 0.212. The first-order valence-corrected chi connectivity index (χ1v) is 5.97. The van der Waals surface area contributed by atoms with Crippen LogP contribution >= 0.6 is 22.6 Å². The second-order valence-corrected chi connectivity index (χ2v) is 4.58. The third-order valence-corrected chi connectivity index (χ3v) is 2.85. The average Bonchev–Trinajstić information content (AvgIpc) is 2.63. The van der Waals surface area contributed by atoms with Gasteiger partial charge in [-0.15, -0.1) is 0 Å². The van der Waals surface area contributed by atoms with Gasteiger partial charge in [0.25, 0.3) is 0 Å². The third kappa shape index (κ3) is 2.75. The molecule has 84 valence electrons. The predicted molar refractivity (Wildman–Crippen MR) is 69.9 cm³/mol. The smallest absolute Gasteiger partial charge is 0.164 e. The molecule has 4 heteroatoms. The molecule has 0 saturated heterocycles. The van der Waals surface area contributed by atoms with E-state index in [1.165, 1.54) is 12.1 Å². The third-order valence-electron chi connectivity index (χ3n) is 2.27. The maximum Gasteiger partial charge on any atom is 0.164 e. The van der Waals surface area contributed by atoms with Gasteiger partial charge in [-0.3, -0.25) is 0 Å². The minimum atomic E-state index is -0.212. The van der Waals surface area contributed by atoms with E-state index in [0.717, 1.165) is 20.8 Å². The molecule has 2 aromatic rings. The van der Waals surface area contributed by atoms with E-state index >= 15 is 0 Å². The number of hydrogen-bond donors (Lipinski definition) is 1. The summed E-state index contributed by atoms with van der Waals surface area (Å²) in [4.78, 5) is 0. The van der Waals surface area contributed by atoms with Gasteiger partial charge in [0.2, 0.25) is 0 Å². The highest BCUT2D eigenvalue weighted by Crippen LogP contribution is 2.17. The van der Waals surface area contributed by atoms with Crippen LogP contribution in [0.4, 0.5) is 10.1 Å². The zero-order chi connectivity index (χ0) is 11.5. The molecule has 0 unspecified atom stereocenters. The van der Waals surface area contributed by atoms with Crippen molar-refractivity contribution in [2.24, 2.45) is 0 Å². The van der Waals surface area contributed by atoms with E-state index in [-0.39, 0.29) is 5.82 Å². The summed E-state index contributed by atoms with van der Waals surface area (Å²) in [6.07, 6.45) is 0. The minimum Gasteiger partial charge on any atom is -0.454 e. The molecule has 1 N–H and O–H groups in total. The lowest BCUT2D eigenvalue weighted by molar-refractivity contribution is 0.493. The van der Waals surface area contributed by atoms with Gasteiger partial charge in [0.05, 0.1) is 6.54 Å². The van der Waals surface area contributed by atoms with Crippen LogP contribution in [0.15, 0.2) is 34.7 Å². The average molecular weight is 331 g/mol. The second kappa shape index (κ2) is 4.86. The Morgan fingerprint density at radius 1 is 1.31 bits per heavy atom. The van der Waals surface area contributed by atoms with Crippen LogP contribution in [-0.2, 0) is 6.54 Å². The van der Waals surface area contributed by atoms with E-state index in [0.29, 0.717) is 6.54 Å². The Bertz CT molecular complexity index is 496. The van der Waals surface area contributed by atoms with Crippen molar-refractivity contribution in [1.29, 1.82) is 0 Å². The highest BCUT2D eigenvalue weighted by Gasteiger charge is 2.02. The molecule has 16 heavy (non-hydrogen) atoms. The molecule has 0 bridgehead atoms. The van der Waals surface area contributed by atoms with Gasteiger partial charge < -0.3 is 9.73 Å². The Morgan fingerprint density at radius 3 is 2.75 bits per heavy atom. The van der Waals surface area contributed by atoms with Gasteiger partial charge in [0.15, 0.2) is 3.77 Å². The lowest BCUT2D eigenvalue weighted by Gasteiger charge is -2.07. The molecule has 1 aromatic carbocycles. The van der Waals surface area contributed by atoms with Crippen LogP contribution in [-0.4, -0.2) is 0 Å². The Balaban J connectivity index is 2.04. The molecule has 0 aliphatic heterocycles. The van der Waals surface area contributed by atoms with Crippen molar-refractivity contribution in [1.82, 2.24) is 0 Å². The SMILES string of the molecule is Cc1cc(F)ccc1NCc1ccc(I)o1. The molecule has 0 aliphatic carbocycles. The van der Waals surface area contributed by atoms with E-state index in [2.05, 4.69) is 27.9 Å². The second-order valence-electron chi connectivity index (χ2n) is 3.52. The fourth-order valence-corrected chi connectivity index (χ4v) is 1.92. The van der Waals surface area contributed by atoms with Crippen LogP contribution < -0.4 is 5.32 Å². The van der Waals surface area contributed by atoms with Crippen molar-refractivity contribution >= 4 is 28.3 Å². The van der Waals surface area contributed by atoms with Crippen molar-refractivity contribution in [3.05, 3.63) is 51.2 Å². The lowest BCUT2D eigenvalue weighted by atomic mass is 10.2. The van der Waals surface area contributed by atoms with E-state index in [1.54, 1.807) is 6.07 Å². The van der Waals surface area contributed by atoms with E-state index in [4.69, 9.17) is 4.42 Å². The fourth-order valence-electron chi connectivity index (χ4n) is 1.45. The molecule has 0 amide bonds. The largest absolute Gasteiger partial charge is 0.454 e. The van der Waals surface area contributed by atoms with E-state index in [1.807, 2.05) is 19.1 Å². The summed E-state index contributed by atoms with van der Waals surface area (Å²) in [5, 5.41) is 3.21. The number of nitrogens with one attached hydrogen (secondary N) is 1. The molecule has 2 nitrogen and oxygen atoms in total. The number of benzene rings is 1. The number of hydrogen-bond acceptors (Lipinski definition) is 2. The first-order chi connectivity index (χ1) is 7.65. The van der Waals surface area contributed by atoms with Crippen LogP contribution in [0.5, 0.6) is 0 Å². The normalized spacial score (nSPS) is 10.4. The number of aryl methyl sites for hydroxylation is 1. The quantitative estimate of drug-likeness (QED) is 0.862. The molecule has 0 spiro atoms. The summed E-state index contributed by atoms with van der Waals surface area (Å²) in [5.41, 5.74) is 1.81. The maximum absolute atomic E-state index is 12.9. The van der Waals surface area contributed by atoms with Crippen LogP contribution in [0.1, 0.15) is 11.3 Å². The summed E-state index contributed by atoms with van der Waals surface area (Å²) in [6, 6.07) is 8.52. The molecular formula is C12H11FINO. The number of rotatable bonds is 3. The monoisotopic (exact) mass is 331 g/mol. The molecule has 2 rings (SSSR count). The zero-order valence-corrected chi connectivity index (χ0v) is 10.9. The summed E-state index contributed by atoms with van der Waals surface area (Å²) >= 11 is 2.12. The highest BCUT2D eigenvalue weighted by molar-refractivity contribution is 14.1. The number of furan rings is 1. The predicted octanol–water partition coefficient (Wildman–Crippen LogP) is 3.94. The molecule has 0 saturated carbocycles. The summed E-state index contributed by atoms with van der Waals surface area (Å²) < 4.78 is 19.2. The Labute approximate surface area is 107 Å². The van der Waals surface area contributed by atoms with Gasteiger partial charge in [-0.2, -0.15) is 0 Å². The van der Waals surface area contributed by atoms with E-state index < -0.39 is 0 Å². The lowest BCUT2D eigenvalue weighted by Crippen LogP contribution is -2.00. The van der Waals surface area contributed by atoms with Crippen molar-refractivity contribution in [2.45, 2.75) is 13.5 Å². The van der Waals surface area contributed by atoms with Crippen molar-refractivity contribution in [3.8, 4) is 0 Å². The highest BCUT2D eigenvalue weighted by atomic mass is 127. The van der Waals surface area contributed by atoms with Gasteiger partial charge in [-0.05, 0) is 65.4 Å². The molecule has 1 heterocycles. The summed E-state index contributed by atoms with van der Waals surface area (Å²) in [7, 11) is 0. The molecule has 0 radical (unpaired) electrons. The molecule has 1 aromatic heterocycles. The Kier molecular flexibility index (Phi) is 3.48. The van der Waals surface area contributed by atoms with Crippen molar-refractivity contribution in [3.63, 3.8) is 0 Å². The van der Waals surface area contributed by atoms with Gasteiger partial charge >= 0.3 is 0 Å². The van der Waals surface area contributed by atoms with E-state index in [9.17, 15) is 4.39 Å². The van der Waals surface area contributed by atoms with Gasteiger partial charge in [-0.1, -0.05) is 0 Å². The van der Waals surface area contributed by atoms with Gasteiger partial charge in [0, 0.05) is 5.69 Å². The van der Waals surface area contributed by atoms with Crippen LogP contribution in [0.25, 0.3) is 0 Å².